The molecule has 2 aromatic rings. The van der Waals surface area contributed by atoms with Crippen LogP contribution in [0.15, 0.2) is 52.5 Å². The molecular formula is C29H38N8O2S2. The number of aldehydes is 1. The molecule has 0 radical (unpaired) electrons. The highest BCUT2D eigenvalue weighted by Gasteiger charge is 2.34. The Morgan fingerprint density at radius 1 is 1.37 bits per heavy atom. The average molecular weight is 595 g/mol. The maximum absolute atomic E-state index is 10.6. The van der Waals surface area contributed by atoms with Crippen molar-refractivity contribution in [3.63, 3.8) is 0 Å². The number of nitriles is 1. The highest BCUT2D eigenvalue weighted by molar-refractivity contribution is 8.02. The Balaban J connectivity index is 0.000000248. The van der Waals surface area contributed by atoms with Crippen LogP contribution in [0.25, 0.3) is 5.70 Å². The van der Waals surface area contributed by atoms with Gasteiger partial charge in [-0.25, -0.2) is 9.97 Å². The zero-order chi connectivity index (χ0) is 29.8. The van der Waals surface area contributed by atoms with E-state index in [-0.39, 0.29) is 12.0 Å². The molecule has 2 aromatic heterocycles. The number of piperidine rings is 1. The van der Waals surface area contributed by atoms with Crippen LogP contribution in [0.1, 0.15) is 71.4 Å². The summed E-state index contributed by atoms with van der Waals surface area (Å²) in [5.41, 5.74) is 14.2. The molecule has 4 heterocycles. The second-order valence-electron chi connectivity index (χ2n) is 9.89. The van der Waals surface area contributed by atoms with E-state index in [1.807, 2.05) is 26.2 Å². The lowest BCUT2D eigenvalue weighted by molar-refractivity contribution is 0.0694. The lowest BCUT2D eigenvalue weighted by Crippen LogP contribution is -2.41. The number of aryl methyl sites for hydroxylation is 1. The van der Waals surface area contributed by atoms with Crippen LogP contribution in [0.4, 0.5) is 5.82 Å². The summed E-state index contributed by atoms with van der Waals surface area (Å²) in [6.07, 6.45) is 10.7. The number of allylic oxidation sites excluding steroid dienone is 3. The number of carbonyl (C=O) groups excluding carboxylic acids is 1. The molecule has 0 aromatic carbocycles. The van der Waals surface area contributed by atoms with Crippen LogP contribution >= 0.6 is 23.1 Å². The monoisotopic (exact) mass is 594 g/mol. The second kappa shape index (κ2) is 16.0. The van der Waals surface area contributed by atoms with Gasteiger partial charge in [-0.3, -0.25) is 9.79 Å². The molecule has 2 aliphatic rings. The number of carbonyl (C=O) groups is 1. The molecule has 3 atom stereocenters. The summed E-state index contributed by atoms with van der Waals surface area (Å²) in [6.45, 7) is 9.18. The minimum atomic E-state index is -0.238. The molecule has 2 aliphatic heterocycles. The number of pyridine rings is 1. The van der Waals surface area contributed by atoms with Crippen LogP contribution in [-0.2, 0) is 4.74 Å². The fourth-order valence-electron chi connectivity index (χ4n) is 4.42. The maximum Gasteiger partial charge on any atom is 0.184 e. The number of nitrogens with zero attached hydrogens (tertiary/aromatic N) is 4. The molecule has 6 N–H and O–H groups in total. The van der Waals surface area contributed by atoms with Crippen molar-refractivity contribution in [3.8, 4) is 6.07 Å². The molecule has 0 saturated carbocycles. The fourth-order valence-corrected chi connectivity index (χ4v) is 6.20. The standard InChI is InChI=1S/C17H17N5OS2.C12H21N3O/c1-11(6-18)17-22-12(2)16(25-17)14(19-3)9-24-10-21-15-5-4-13(8-23)7-20-15;1-8(13)2-5-12(14)16-11-6-9-3-4-10(7-11)15-9/h4-5,7-9,11H,3,10H2,1-2H3,(H,20,21);2,5,9-11,15H,3-4,6-7,13-14H2,1H3/b14-9-;8-2-,12-5+. The number of hydrogen-bond donors (Lipinski definition) is 4. The molecule has 0 spiro atoms. The Bertz CT molecular complexity index is 1300. The smallest absolute Gasteiger partial charge is 0.184 e. The van der Waals surface area contributed by atoms with Gasteiger partial charge in [0.15, 0.2) is 12.2 Å². The molecule has 218 valence electrons. The zero-order valence-electron chi connectivity index (χ0n) is 23.7. The molecular weight excluding hydrogens is 557 g/mol. The van der Waals surface area contributed by atoms with Crippen molar-refractivity contribution < 1.29 is 9.53 Å². The van der Waals surface area contributed by atoms with Gasteiger partial charge < -0.3 is 26.8 Å². The molecule has 10 nitrogen and oxygen atoms in total. The van der Waals surface area contributed by atoms with E-state index in [2.05, 4.69) is 38.4 Å². The predicted octanol–water partition coefficient (Wildman–Crippen LogP) is 5.04. The van der Waals surface area contributed by atoms with Crippen molar-refractivity contribution in [2.75, 3.05) is 11.2 Å². The number of anilines is 1. The zero-order valence-corrected chi connectivity index (χ0v) is 25.3. The number of thiazole rings is 1. The quantitative estimate of drug-likeness (QED) is 0.0692. The van der Waals surface area contributed by atoms with Crippen LogP contribution in [0.3, 0.4) is 0 Å². The molecule has 2 saturated heterocycles. The van der Waals surface area contributed by atoms with E-state index in [0.29, 0.717) is 35.2 Å². The molecule has 41 heavy (non-hydrogen) atoms. The number of aromatic nitrogens is 2. The average Bonchev–Trinajstić information content (AvgIpc) is 3.53. The fraction of sp³-hybridized carbons (Fsp3) is 0.414. The summed E-state index contributed by atoms with van der Waals surface area (Å²) in [6, 6.07) is 6.91. The SMILES string of the molecule is C/C(N)=C/C=C(\N)OC1CC2CCC(C1)N2.C=N/C(=C\SCNc1ccc(C=O)cn1)c1sc(C(C)C#N)nc1C. The molecule has 0 amide bonds. The van der Waals surface area contributed by atoms with Crippen LogP contribution < -0.4 is 22.1 Å². The van der Waals surface area contributed by atoms with Gasteiger partial charge in [-0.2, -0.15) is 5.26 Å². The van der Waals surface area contributed by atoms with Crippen molar-refractivity contribution in [1.29, 1.82) is 5.26 Å². The largest absolute Gasteiger partial charge is 0.476 e. The Hall–Kier alpha value is -3.66. The number of fused-ring (bicyclic) bond motifs is 2. The number of thioether (sulfide) groups is 1. The van der Waals surface area contributed by atoms with Gasteiger partial charge in [0.05, 0.1) is 34.1 Å². The highest BCUT2D eigenvalue weighted by atomic mass is 32.2. The van der Waals surface area contributed by atoms with E-state index in [9.17, 15) is 4.79 Å². The third-order valence-corrected chi connectivity index (χ3v) is 8.54. The molecule has 4 rings (SSSR count). The van der Waals surface area contributed by atoms with Crippen molar-refractivity contribution in [2.45, 2.75) is 70.6 Å². The van der Waals surface area contributed by atoms with E-state index < -0.39 is 0 Å². The Morgan fingerprint density at radius 3 is 2.68 bits per heavy atom. The van der Waals surface area contributed by atoms with Gasteiger partial charge in [0, 0.05) is 29.5 Å². The summed E-state index contributed by atoms with van der Waals surface area (Å²) in [7, 11) is 0. The third kappa shape index (κ3) is 10.0. The number of nitrogens with one attached hydrogen (secondary N) is 2. The molecule has 2 fully saturated rings. The maximum atomic E-state index is 10.6. The molecule has 12 heteroatoms. The van der Waals surface area contributed by atoms with Crippen LogP contribution in [-0.4, -0.2) is 47.0 Å². The van der Waals surface area contributed by atoms with E-state index in [0.717, 1.165) is 46.1 Å². The summed E-state index contributed by atoms with van der Waals surface area (Å²) in [4.78, 5) is 24.2. The van der Waals surface area contributed by atoms with Gasteiger partial charge in [0.1, 0.15) is 16.9 Å². The summed E-state index contributed by atoms with van der Waals surface area (Å²) in [5, 5.41) is 18.4. The highest BCUT2D eigenvalue weighted by Crippen LogP contribution is 2.32. The normalized spacial score (nSPS) is 21.2. The van der Waals surface area contributed by atoms with Crippen LogP contribution in [0.2, 0.25) is 0 Å². The number of aliphatic imine (C=N–C) groups is 1. The number of rotatable bonds is 11. The first-order valence-corrected chi connectivity index (χ1v) is 15.2. The van der Waals surface area contributed by atoms with Gasteiger partial charge in [-0.05, 0) is 82.9 Å². The van der Waals surface area contributed by atoms with Crippen LogP contribution in [0, 0.1) is 18.3 Å². The second-order valence-corrected chi connectivity index (χ2v) is 11.8. The van der Waals surface area contributed by atoms with E-state index in [1.165, 1.54) is 42.1 Å². The predicted molar refractivity (Wildman–Crippen MR) is 168 cm³/mol. The molecule has 0 aliphatic carbocycles. The summed E-state index contributed by atoms with van der Waals surface area (Å²) >= 11 is 2.98. The topological polar surface area (TPSA) is 164 Å². The third-order valence-electron chi connectivity index (χ3n) is 6.48. The number of ether oxygens (including phenoxy) is 1. The first-order chi connectivity index (χ1) is 19.7. The van der Waals surface area contributed by atoms with Crippen molar-refractivity contribution in [2.24, 2.45) is 16.5 Å². The lowest BCUT2D eigenvalue weighted by atomic mass is 10.0. The number of nitrogens with two attached hydrogens (primary N) is 2. The summed E-state index contributed by atoms with van der Waals surface area (Å²) < 4.78 is 5.72. The minimum Gasteiger partial charge on any atom is -0.476 e. The van der Waals surface area contributed by atoms with Crippen LogP contribution in [0.5, 0.6) is 0 Å². The Kier molecular flexibility index (Phi) is 12.4. The van der Waals surface area contributed by atoms with E-state index in [4.69, 9.17) is 21.5 Å². The molecule has 3 unspecified atom stereocenters. The number of hydrogen-bond acceptors (Lipinski definition) is 12. The van der Waals surface area contributed by atoms with Crippen molar-refractivity contribution in [3.05, 3.63) is 68.6 Å². The summed E-state index contributed by atoms with van der Waals surface area (Å²) in [5.74, 6) is 1.51. The Labute approximate surface area is 250 Å². The van der Waals surface area contributed by atoms with Gasteiger partial charge in [0.25, 0.3) is 0 Å². The van der Waals surface area contributed by atoms with E-state index in [1.54, 1.807) is 24.3 Å². The Morgan fingerprint density at radius 2 is 2.10 bits per heavy atom. The van der Waals surface area contributed by atoms with Gasteiger partial charge in [0.2, 0.25) is 0 Å². The lowest BCUT2D eigenvalue weighted by Gasteiger charge is -2.29. The minimum absolute atomic E-state index is 0.238. The first kappa shape index (κ1) is 31.9. The first-order valence-electron chi connectivity index (χ1n) is 13.4. The molecule has 2 bridgehead atoms. The van der Waals surface area contributed by atoms with Crippen molar-refractivity contribution >= 4 is 47.6 Å². The van der Waals surface area contributed by atoms with Crippen molar-refractivity contribution in [1.82, 2.24) is 15.3 Å². The van der Waals surface area contributed by atoms with E-state index >= 15 is 0 Å². The van der Waals surface area contributed by atoms with Gasteiger partial charge in [-0.1, -0.05) is 0 Å². The van der Waals surface area contributed by atoms with Gasteiger partial charge in [-0.15, -0.1) is 23.1 Å². The van der Waals surface area contributed by atoms with Gasteiger partial charge >= 0.3 is 0 Å².